The van der Waals surface area contributed by atoms with Crippen molar-refractivity contribution in [1.82, 2.24) is 14.9 Å². The number of Topliss-reactive ketones (excluding diaryl/α,β-unsaturated/α-hetero) is 1. The topological polar surface area (TPSA) is 104 Å². The van der Waals surface area contributed by atoms with Crippen LogP contribution in [0.2, 0.25) is 0 Å². The predicted octanol–water partition coefficient (Wildman–Crippen LogP) is 9.57. The lowest BCUT2D eigenvalue weighted by Gasteiger charge is -2.41. The number of hydrogen-bond donors (Lipinski definition) is 2. The molecule has 276 valence electrons. The summed E-state index contributed by atoms with van der Waals surface area (Å²) in [5.41, 5.74) is 8.33. The molecule has 0 spiro atoms. The molecule has 50 heavy (non-hydrogen) atoms. The summed E-state index contributed by atoms with van der Waals surface area (Å²) in [6, 6.07) is 3.36. The summed E-state index contributed by atoms with van der Waals surface area (Å²) in [6.07, 6.45) is 5.20. The Labute approximate surface area is 294 Å². The smallest absolute Gasteiger partial charge is 0.403 e. The van der Waals surface area contributed by atoms with Crippen LogP contribution in [0.3, 0.4) is 0 Å². The van der Waals surface area contributed by atoms with Crippen molar-refractivity contribution in [3.63, 3.8) is 0 Å². The Bertz CT molecular complexity index is 1530. The van der Waals surface area contributed by atoms with Crippen LogP contribution in [-0.4, -0.2) is 39.6 Å². The molecule has 12 heteroatoms. The van der Waals surface area contributed by atoms with Crippen LogP contribution in [0.15, 0.2) is 54.9 Å². The Hall–Kier alpha value is -4.22. The molecule has 3 N–H and O–H groups in total. The van der Waals surface area contributed by atoms with E-state index in [1.165, 1.54) is 20.0 Å². The SMILES string of the molecule is C=C([C@H](CCCC)CC(C)CC)N(/C=C\N)C1=C(C(C)CC)c2c(F)cc(C(=O)Nc3cc(C(F)(F)F)ncn3)cc2N(CC)C1.CC(C)=O. The zero-order valence-corrected chi connectivity index (χ0v) is 30.8. The molecule has 3 atom stereocenters. The maximum absolute atomic E-state index is 16.4. The quantitative estimate of drug-likeness (QED) is 0.178. The Morgan fingerprint density at radius 3 is 2.30 bits per heavy atom. The van der Waals surface area contributed by atoms with Crippen molar-refractivity contribution in [2.75, 3.05) is 23.3 Å². The van der Waals surface area contributed by atoms with E-state index < -0.39 is 23.6 Å². The third kappa shape index (κ3) is 11.1. The molecule has 0 saturated carbocycles. The molecule has 1 amide bonds. The number of allylic oxidation sites excluding steroid dienone is 2. The number of nitrogens with zero attached hydrogens (tertiary/aromatic N) is 4. The van der Waals surface area contributed by atoms with Crippen LogP contribution in [-0.2, 0) is 11.0 Å². The van der Waals surface area contributed by atoms with Crippen molar-refractivity contribution in [2.45, 2.75) is 100 Å². The van der Waals surface area contributed by atoms with E-state index in [0.717, 1.165) is 67.9 Å². The minimum atomic E-state index is -4.71. The number of carbonyl (C=O) groups excluding carboxylic acids is 2. The number of ketones is 1. The number of aromatic nitrogens is 2. The number of alkyl halides is 3. The minimum absolute atomic E-state index is 0.0369. The number of nitrogens with two attached hydrogens (primary N) is 1. The van der Waals surface area contributed by atoms with Crippen molar-refractivity contribution in [2.24, 2.45) is 23.5 Å². The lowest BCUT2D eigenvalue weighted by Crippen LogP contribution is -2.38. The van der Waals surface area contributed by atoms with Gasteiger partial charge in [0.1, 0.15) is 29.4 Å². The van der Waals surface area contributed by atoms with Crippen LogP contribution in [0.4, 0.5) is 29.1 Å². The second kappa shape index (κ2) is 19.2. The molecule has 8 nitrogen and oxygen atoms in total. The molecular weight excluding hydrogens is 648 g/mol. The number of rotatable bonds is 15. The number of amides is 1. The number of hydrogen-bond acceptors (Lipinski definition) is 7. The number of anilines is 2. The third-order valence-electron chi connectivity index (χ3n) is 8.88. The molecule has 1 aromatic heterocycles. The zero-order valence-electron chi connectivity index (χ0n) is 30.8. The molecule has 1 aromatic carbocycles. The van der Waals surface area contributed by atoms with E-state index in [-0.39, 0.29) is 29.0 Å². The number of carbonyl (C=O) groups is 2. The summed E-state index contributed by atoms with van der Waals surface area (Å²) in [4.78, 5) is 33.7. The van der Waals surface area contributed by atoms with Gasteiger partial charge in [-0.25, -0.2) is 14.4 Å². The normalized spacial score (nSPS) is 14.8. The highest BCUT2D eigenvalue weighted by Crippen LogP contribution is 2.45. The largest absolute Gasteiger partial charge is 0.433 e. The molecule has 2 aromatic rings. The van der Waals surface area contributed by atoms with E-state index in [4.69, 9.17) is 5.73 Å². The lowest BCUT2D eigenvalue weighted by molar-refractivity contribution is -0.141. The molecule has 1 aliphatic rings. The standard InChI is InChI=1S/C35H48F4N6O.C3H6O/c1-8-12-13-25(16-22(5)9-2)24(7)45(15-14-40)29-20-44(11-4)28-18-26(17-27(36)33(28)32(29)23(6)10-3)34(46)43-31-19-30(35(37,38)39)41-21-42-31;1-3(2)4/h14-15,17-19,21-23,25H,7-13,16,20,40H2,1-6H3,(H,41,42,43,46);1-2H3/b15-14-;/t22?,23?,25-;/m1./s1. The van der Waals surface area contributed by atoms with Crippen LogP contribution in [0.25, 0.3) is 5.57 Å². The highest BCUT2D eigenvalue weighted by Gasteiger charge is 2.35. The minimum Gasteiger partial charge on any atom is -0.403 e. The first-order valence-electron chi connectivity index (χ1n) is 17.4. The molecule has 3 rings (SSSR count). The van der Waals surface area contributed by atoms with Crippen LogP contribution in [0.1, 0.15) is 116 Å². The Morgan fingerprint density at radius 2 is 1.76 bits per heavy atom. The van der Waals surface area contributed by atoms with Crippen molar-refractivity contribution in [3.8, 4) is 0 Å². The molecule has 2 unspecified atom stereocenters. The van der Waals surface area contributed by atoms with E-state index in [1.54, 1.807) is 6.07 Å². The van der Waals surface area contributed by atoms with Gasteiger partial charge in [-0.2, -0.15) is 13.2 Å². The van der Waals surface area contributed by atoms with Crippen molar-refractivity contribution < 1.29 is 27.2 Å². The van der Waals surface area contributed by atoms with Gasteiger partial charge in [0.2, 0.25) is 0 Å². The fraction of sp³-hybridized carbons (Fsp3) is 0.526. The average molecular weight is 703 g/mol. The lowest BCUT2D eigenvalue weighted by atomic mass is 9.83. The number of benzene rings is 1. The van der Waals surface area contributed by atoms with Gasteiger partial charge in [-0.05, 0) is 75.5 Å². The third-order valence-corrected chi connectivity index (χ3v) is 8.88. The van der Waals surface area contributed by atoms with Crippen LogP contribution < -0.4 is 16.0 Å². The van der Waals surface area contributed by atoms with E-state index in [2.05, 4.69) is 49.6 Å². The van der Waals surface area contributed by atoms with Gasteiger partial charge < -0.3 is 25.6 Å². The summed E-state index contributed by atoms with van der Waals surface area (Å²) in [5.74, 6) is -0.879. The summed E-state index contributed by atoms with van der Waals surface area (Å²) in [5, 5.41) is 2.36. The van der Waals surface area contributed by atoms with Gasteiger partial charge in [0.15, 0.2) is 0 Å². The van der Waals surface area contributed by atoms with Gasteiger partial charge in [0.25, 0.3) is 5.91 Å². The second-order valence-electron chi connectivity index (χ2n) is 13.0. The predicted molar refractivity (Wildman–Crippen MR) is 193 cm³/mol. The number of fused-ring (bicyclic) bond motifs is 1. The Morgan fingerprint density at radius 1 is 1.10 bits per heavy atom. The first-order valence-corrected chi connectivity index (χ1v) is 17.4. The second-order valence-corrected chi connectivity index (χ2v) is 13.0. The van der Waals surface area contributed by atoms with Crippen molar-refractivity contribution >= 4 is 28.8 Å². The van der Waals surface area contributed by atoms with E-state index >= 15 is 4.39 Å². The fourth-order valence-electron chi connectivity index (χ4n) is 5.89. The molecule has 0 radical (unpaired) electrons. The van der Waals surface area contributed by atoms with Gasteiger partial charge in [0.05, 0.1) is 6.54 Å². The fourth-order valence-corrected chi connectivity index (χ4v) is 5.89. The van der Waals surface area contributed by atoms with Gasteiger partial charge in [0, 0.05) is 53.2 Å². The van der Waals surface area contributed by atoms with Crippen molar-refractivity contribution in [1.29, 1.82) is 0 Å². The maximum atomic E-state index is 16.4. The van der Waals surface area contributed by atoms with Gasteiger partial charge >= 0.3 is 6.18 Å². The van der Waals surface area contributed by atoms with E-state index in [0.29, 0.717) is 36.3 Å². The average Bonchev–Trinajstić information content (AvgIpc) is 3.07. The van der Waals surface area contributed by atoms with Crippen LogP contribution in [0.5, 0.6) is 0 Å². The molecule has 0 fully saturated rings. The number of likely N-dealkylation sites (N-methyl/N-ethyl adjacent to an activating group) is 1. The number of unbranched alkanes of at least 4 members (excludes halogenated alkanes) is 1. The van der Waals surface area contributed by atoms with Crippen molar-refractivity contribution in [3.05, 3.63) is 77.5 Å². The first-order chi connectivity index (χ1) is 23.5. The molecule has 2 heterocycles. The van der Waals surface area contributed by atoms with Crippen LogP contribution in [0, 0.1) is 23.6 Å². The maximum Gasteiger partial charge on any atom is 0.433 e. The summed E-state index contributed by atoms with van der Waals surface area (Å²) in [7, 11) is 0. The van der Waals surface area contributed by atoms with Gasteiger partial charge in [-0.15, -0.1) is 0 Å². The molecule has 0 bridgehead atoms. The van der Waals surface area contributed by atoms with E-state index in [9.17, 15) is 22.8 Å². The van der Waals surface area contributed by atoms with E-state index in [1.807, 2.05) is 29.8 Å². The summed E-state index contributed by atoms with van der Waals surface area (Å²) < 4.78 is 55.8. The molecule has 0 aliphatic carbocycles. The highest BCUT2D eigenvalue weighted by atomic mass is 19.4. The Kier molecular flexibility index (Phi) is 16.1. The molecular formula is C38H54F4N6O2. The van der Waals surface area contributed by atoms with Gasteiger partial charge in [-0.1, -0.05) is 60.5 Å². The summed E-state index contributed by atoms with van der Waals surface area (Å²) in [6.45, 7) is 21.2. The number of nitrogens with one attached hydrogen (secondary N) is 1. The highest BCUT2D eigenvalue weighted by molar-refractivity contribution is 6.05. The molecule has 0 saturated heterocycles. The van der Waals surface area contributed by atoms with Gasteiger partial charge in [-0.3, -0.25) is 4.79 Å². The summed E-state index contributed by atoms with van der Waals surface area (Å²) >= 11 is 0. The van der Waals surface area contributed by atoms with Crippen LogP contribution >= 0.6 is 0 Å². The number of halogens is 4. The monoisotopic (exact) mass is 702 g/mol. The zero-order chi connectivity index (χ0) is 37.8. The molecule has 1 aliphatic heterocycles. The Balaban J connectivity index is 0.00000205. The first kappa shape index (κ1) is 41.9.